The van der Waals surface area contributed by atoms with Gasteiger partial charge in [0, 0.05) is 10.1 Å². The Balaban J connectivity index is 2.62. The van der Waals surface area contributed by atoms with Crippen molar-refractivity contribution in [3.8, 4) is 5.75 Å². The highest BCUT2D eigenvalue weighted by Crippen LogP contribution is 2.31. The van der Waals surface area contributed by atoms with Crippen LogP contribution in [0.2, 0.25) is 0 Å². The number of rotatable bonds is 1. The number of thiophene rings is 1. The van der Waals surface area contributed by atoms with Crippen molar-refractivity contribution in [1.82, 2.24) is 0 Å². The molecule has 2 aromatic rings. The van der Waals surface area contributed by atoms with Crippen LogP contribution < -0.4 is 0 Å². The fraction of sp³-hybridized carbons (Fsp3) is 0.100. The van der Waals surface area contributed by atoms with Crippen molar-refractivity contribution in [2.24, 2.45) is 0 Å². The third-order valence-corrected chi connectivity index (χ3v) is 3.01. The van der Waals surface area contributed by atoms with Crippen LogP contribution in [0.5, 0.6) is 5.75 Å². The first-order chi connectivity index (χ1) is 6.72. The van der Waals surface area contributed by atoms with E-state index in [1.807, 2.05) is 6.07 Å². The zero-order valence-corrected chi connectivity index (χ0v) is 8.30. The van der Waals surface area contributed by atoms with Gasteiger partial charge in [-0.2, -0.15) is 0 Å². The molecular formula is C10H8O3S. The Kier molecular flexibility index (Phi) is 2.13. The van der Waals surface area contributed by atoms with Crippen LogP contribution in [-0.4, -0.2) is 18.2 Å². The molecule has 0 amide bonds. The minimum Gasteiger partial charge on any atom is -0.507 e. The van der Waals surface area contributed by atoms with Gasteiger partial charge in [0.25, 0.3) is 0 Å². The fourth-order valence-electron chi connectivity index (χ4n) is 1.25. The first kappa shape index (κ1) is 9.02. The summed E-state index contributed by atoms with van der Waals surface area (Å²) in [6.07, 6.45) is 0. The van der Waals surface area contributed by atoms with Gasteiger partial charge in [-0.25, -0.2) is 4.79 Å². The van der Waals surface area contributed by atoms with Gasteiger partial charge in [0.05, 0.1) is 7.11 Å². The standard InChI is InChI=1S/C10H8O3S/c1-13-10(12)9-5-6-7(11)3-2-4-8(6)14-9/h2-5,11H,1H3. The third-order valence-electron chi connectivity index (χ3n) is 1.93. The summed E-state index contributed by atoms with van der Waals surface area (Å²) in [7, 11) is 1.34. The number of carbonyl (C=O) groups is 1. The first-order valence-corrected chi connectivity index (χ1v) is 4.84. The molecule has 2 rings (SSSR count). The van der Waals surface area contributed by atoms with E-state index in [2.05, 4.69) is 4.74 Å². The van der Waals surface area contributed by atoms with Crippen molar-refractivity contribution < 1.29 is 14.6 Å². The molecule has 0 bridgehead atoms. The van der Waals surface area contributed by atoms with E-state index in [0.29, 0.717) is 10.3 Å². The van der Waals surface area contributed by atoms with Crippen LogP contribution in [0.3, 0.4) is 0 Å². The predicted molar refractivity (Wildman–Crippen MR) is 54.8 cm³/mol. The maximum atomic E-state index is 11.2. The summed E-state index contributed by atoms with van der Waals surface area (Å²) in [6.45, 7) is 0. The molecule has 0 atom stereocenters. The number of aromatic hydroxyl groups is 1. The molecule has 0 aliphatic carbocycles. The average molecular weight is 208 g/mol. The second-order valence-corrected chi connectivity index (χ2v) is 3.87. The number of ether oxygens (including phenoxy) is 1. The minimum absolute atomic E-state index is 0.189. The number of phenols is 1. The van der Waals surface area contributed by atoms with Crippen molar-refractivity contribution in [3.63, 3.8) is 0 Å². The van der Waals surface area contributed by atoms with E-state index in [0.717, 1.165) is 4.70 Å². The van der Waals surface area contributed by atoms with Gasteiger partial charge in [0.2, 0.25) is 0 Å². The van der Waals surface area contributed by atoms with E-state index in [9.17, 15) is 9.90 Å². The molecule has 72 valence electrons. The average Bonchev–Trinajstić information content (AvgIpc) is 2.62. The molecule has 0 unspecified atom stereocenters. The normalized spacial score (nSPS) is 10.4. The summed E-state index contributed by atoms with van der Waals surface area (Å²) in [5.74, 6) is -0.181. The first-order valence-electron chi connectivity index (χ1n) is 4.02. The van der Waals surface area contributed by atoms with Crippen LogP contribution in [-0.2, 0) is 4.74 Å². The smallest absolute Gasteiger partial charge is 0.348 e. The zero-order valence-electron chi connectivity index (χ0n) is 7.48. The molecule has 3 nitrogen and oxygen atoms in total. The van der Waals surface area contributed by atoms with E-state index in [1.165, 1.54) is 18.4 Å². The maximum absolute atomic E-state index is 11.2. The maximum Gasteiger partial charge on any atom is 0.348 e. The Morgan fingerprint density at radius 1 is 1.50 bits per heavy atom. The van der Waals surface area contributed by atoms with Gasteiger partial charge in [-0.15, -0.1) is 11.3 Å². The summed E-state index contributed by atoms with van der Waals surface area (Å²) in [4.78, 5) is 11.7. The molecule has 0 saturated carbocycles. The van der Waals surface area contributed by atoms with Crippen LogP contribution in [0, 0.1) is 0 Å². The van der Waals surface area contributed by atoms with Crippen molar-refractivity contribution in [3.05, 3.63) is 29.1 Å². The van der Waals surface area contributed by atoms with Gasteiger partial charge in [-0.1, -0.05) is 6.07 Å². The van der Waals surface area contributed by atoms with Crippen molar-refractivity contribution in [1.29, 1.82) is 0 Å². The van der Waals surface area contributed by atoms with E-state index >= 15 is 0 Å². The Bertz CT molecular complexity index is 487. The Morgan fingerprint density at radius 3 is 2.93 bits per heavy atom. The number of hydrogen-bond acceptors (Lipinski definition) is 4. The van der Waals surface area contributed by atoms with E-state index in [1.54, 1.807) is 18.2 Å². The van der Waals surface area contributed by atoms with Crippen LogP contribution in [0.25, 0.3) is 10.1 Å². The molecule has 0 radical (unpaired) electrons. The molecule has 0 spiro atoms. The lowest BCUT2D eigenvalue weighted by atomic mass is 10.2. The van der Waals surface area contributed by atoms with Gasteiger partial charge >= 0.3 is 5.97 Å². The molecule has 1 aromatic heterocycles. The minimum atomic E-state index is -0.370. The summed E-state index contributed by atoms with van der Waals surface area (Å²) < 4.78 is 5.48. The third kappa shape index (κ3) is 1.33. The number of phenolic OH excluding ortho intramolecular Hbond substituents is 1. The van der Waals surface area contributed by atoms with E-state index < -0.39 is 0 Å². The highest BCUT2D eigenvalue weighted by molar-refractivity contribution is 7.20. The quantitative estimate of drug-likeness (QED) is 0.732. The lowest BCUT2D eigenvalue weighted by Crippen LogP contribution is -1.96. The second kappa shape index (κ2) is 3.31. The van der Waals surface area contributed by atoms with Gasteiger partial charge in [-0.3, -0.25) is 0 Å². The van der Waals surface area contributed by atoms with Crippen molar-refractivity contribution in [2.45, 2.75) is 0 Å². The molecular weight excluding hydrogens is 200 g/mol. The summed E-state index contributed by atoms with van der Waals surface area (Å²) in [5.41, 5.74) is 0. The number of fused-ring (bicyclic) bond motifs is 1. The number of benzene rings is 1. The fourth-order valence-corrected chi connectivity index (χ4v) is 2.25. The highest BCUT2D eigenvalue weighted by atomic mass is 32.1. The van der Waals surface area contributed by atoms with Gasteiger partial charge in [0.15, 0.2) is 0 Å². The van der Waals surface area contributed by atoms with Gasteiger partial charge in [-0.05, 0) is 18.2 Å². The molecule has 4 heteroatoms. The van der Waals surface area contributed by atoms with Gasteiger partial charge in [0.1, 0.15) is 10.6 Å². The van der Waals surface area contributed by atoms with Crippen LogP contribution in [0.1, 0.15) is 9.67 Å². The molecule has 0 saturated heterocycles. The molecule has 14 heavy (non-hydrogen) atoms. The lowest BCUT2D eigenvalue weighted by Gasteiger charge is -1.91. The number of esters is 1. The van der Waals surface area contributed by atoms with Crippen molar-refractivity contribution in [2.75, 3.05) is 7.11 Å². The molecule has 0 aliphatic heterocycles. The van der Waals surface area contributed by atoms with E-state index in [4.69, 9.17) is 0 Å². The summed E-state index contributed by atoms with van der Waals surface area (Å²) >= 11 is 1.31. The van der Waals surface area contributed by atoms with Crippen LogP contribution in [0.4, 0.5) is 0 Å². The molecule has 1 heterocycles. The topological polar surface area (TPSA) is 46.5 Å². The highest BCUT2D eigenvalue weighted by Gasteiger charge is 2.11. The Morgan fingerprint density at radius 2 is 2.29 bits per heavy atom. The predicted octanol–water partition coefficient (Wildman–Crippen LogP) is 2.39. The Hall–Kier alpha value is -1.55. The molecule has 1 N–H and O–H groups in total. The monoisotopic (exact) mass is 208 g/mol. The Labute approximate surface area is 84.6 Å². The molecule has 0 aliphatic rings. The van der Waals surface area contributed by atoms with E-state index in [-0.39, 0.29) is 11.7 Å². The number of carbonyl (C=O) groups excluding carboxylic acids is 1. The van der Waals surface area contributed by atoms with Crippen LogP contribution >= 0.6 is 11.3 Å². The van der Waals surface area contributed by atoms with Gasteiger partial charge < -0.3 is 9.84 Å². The second-order valence-electron chi connectivity index (χ2n) is 2.79. The largest absolute Gasteiger partial charge is 0.507 e. The number of methoxy groups -OCH3 is 1. The molecule has 0 fully saturated rings. The van der Waals surface area contributed by atoms with Crippen molar-refractivity contribution >= 4 is 27.4 Å². The lowest BCUT2D eigenvalue weighted by molar-refractivity contribution is 0.0606. The molecule has 1 aromatic carbocycles. The summed E-state index contributed by atoms with van der Waals surface area (Å²) in [5, 5.41) is 10.2. The SMILES string of the molecule is COC(=O)c1cc2c(O)cccc2s1. The summed E-state index contributed by atoms with van der Waals surface area (Å²) in [6, 6.07) is 6.83. The van der Waals surface area contributed by atoms with Crippen LogP contribution in [0.15, 0.2) is 24.3 Å². The zero-order chi connectivity index (χ0) is 10.1. The number of hydrogen-bond donors (Lipinski definition) is 1.